The smallest absolute Gasteiger partial charge is 0.251 e. The lowest BCUT2D eigenvalue weighted by molar-refractivity contribution is 0.340. The molecule has 0 aliphatic carbocycles. The summed E-state index contributed by atoms with van der Waals surface area (Å²) in [7, 11) is 0. The van der Waals surface area contributed by atoms with Gasteiger partial charge in [0.25, 0.3) is 5.89 Å². The molecule has 0 aliphatic heterocycles. The van der Waals surface area contributed by atoms with Crippen LogP contribution in [-0.2, 0) is 0 Å². The van der Waals surface area contributed by atoms with Crippen LogP contribution in [0.15, 0.2) is 57.4 Å². The highest BCUT2D eigenvalue weighted by Crippen LogP contribution is 2.32. The molecule has 2 aromatic carbocycles. The Morgan fingerprint density at radius 3 is 2.29 bits per heavy atom. The molecular formula is C16H13BrN2O2. The van der Waals surface area contributed by atoms with Gasteiger partial charge in [-0.3, -0.25) is 0 Å². The van der Waals surface area contributed by atoms with E-state index in [9.17, 15) is 0 Å². The van der Waals surface area contributed by atoms with E-state index in [4.69, 9.17) is 9.15 Å². The molecule has 1 aromatic heterocycles. The second-order valence-electron chi connectivity index (χ2n) is 4.32. The van der Waals surface area contributed by atoms with Gasteiger partial charge in [0, 0.05) is 4.47 Å². The summed E-state index contributed by atoms with van der Waals surface area (Å²) >= 11 is 3.49. The number of nitrogens with zero attached hydrogens (tertiary/aromatic N) is 2. The van der Waals surface area contributed by atoms with Crippen LogP contribution in [0.4, 0.5) is 0 Å². The Balaban J connectivity index is 2.01. The molecule has 0 aliphatic rings. The van der Waals surface area contributed by atoms with E-state index in [0.717, 1.165) is 21.3 Å². The van der Waals surface area contributed by atoms with E-state index < -0.39 is 0 Å². The molecule has 1 heterocycles. The molecule has 0 atom stereocenters. The van der Waals surface area contributed by atoms with E-state index in [1.165, 1.54) is 0 Å². The van der Waals surface area contributed by atoms with Crippen LogP contribution < -0.4 is 4.74 Å². The minimum absolute atomic E-state index is 0.449. The summed E-state index contributed by atoms with van der Waals surface area (Å²) in [5.74, 6) is 1.66. The number of hydrogen-bond donors (Lipinski definition) is 0. The monoisotopic (exact) mass is 344 g/mol. The van der Waals surface area contributed by atoms with E-state index in [-0.39, 0.29) is 0 Å². The van der Waals surface area contributed by atoms with Crippen LogP contribution in [0.5, 0.6) is 5.75 Å². The SMILES string of the molecule is CCOc1ccccc1-c1nnc(-c2ccccc2Br)o1. The number of aromatic nitrogens is 2. The zero-order chi connectivity index (χ0) is 14.7. The summed E-state index contributed by atoms with van der Waals surface area (Å²) in [5, 5.41) is 8.25. The standard InChI is InChI=1S/C16H13BrN2O2/c1-2-20-14-10-6-4-8-12(14)16-19-18-15(21-16)11-7-3-5-9-13(11)17/h3-10H,2H2,1H3. The number of benzene rings is 2. The molecule has 0 N–H and O–H groups in total. The fourth-order valence-electron chi connectivity index (χ4n) is 2.00. The first-order valence-corrected chi connectivity index (χ1v) is 7.39. The van der Waals surface area contributed by atoms with Crippen molar-refractivity contribution >= 4 is 15.9 Å². The number of para-hydroxylation sites is 1. The van der Waals surface area contributed by atoms with Crippen molar-refractivity contribution in [2.75, 3.05) is 6.61 Å². The molecule has 0 unspecified atom stereocenters. The molecule has 0 saturated heterocycles. The summed E-state index contributed by atoms with van der Waals surface area (Å²) in [6, 6.07) is 15.4. The third kappa shape index (κ3) is 2.83. The molecular weight excluding hydrogens is 332 g/mol. The van der Waals surface area contributed by atoms with E-state index in [0.29, 0.717) is 18.4 Å². The molecule has 0 spiro atoms. The van der Waals surface area contributed by atoms with Crippen LogP contribution in [-0.4, -0.2) is 16.8 Å². The maximum absolute atomic E-state index is 5.79. The van der Waals surface area contributed by atoms with Gasteiger partial charge in [0.1, 0.15) is 5.75 Å². The second-order valence-corrected chi connectivity index (χ2v) is 5.18. The van der Waals surface area contributed by atoms with Crippen molar-refractivity contribution in [2.24, 2.45) is 0 Å². The molecule has 0 bridgehead atoms. The first kappa shape index (κ1) is 13.8. The van der Waals surface area contributed by atoms with Crippen LogP contribution in [0.25, 0.3) is 22.9 Å². The maximum atomic E-state index is 5.79. The molecule has 0 saturated carbocycles. The molecule has 0 amide bonds. The van der Waals surface area contributed by atoms with Gasteiger partial charge in [-0.2, -0.15) is 0 Å². The lowest BCUT2D eigenvalue weighted by Gasteiger charge is -2.06. The molecule has 4 nitrogen and oxygen atoms in total. The molecule has 5 heteroatoms. The first-order valence-electron chi connectivity index (χ1n) is 6.60. The van der Waals surface area contributed by atoms with Crippen molar-refractivity contribution in [1.82, 2.24) is 10.2 Å². The van der Waals surface area contributed by atoms with Crippen molar-refractivity contribution in [2.45, 2.75) is 6.92 Å². The first-order chi connectivity index (χ1) is 10.3. The number of rotatable bonds is 4. The van der Waals surface area contributed by atoms with Crippen LogP contribution in [0, 0.1) is 0 Å². The fraction of sp³-hybridized carbons (Fsp3) is 0.125. The Bertz CT molecular complexity index is 755. The Kier molecular flexibility index (Phi) is 4.01. The normalized spacial score (nSPS) is 10.6. The van der Waals surface area contributed by atoms with Gasteiger partial charge in [-0.05, 0) is 47.1 Å². The molecule has 106 valence electrons. The Morgan fingerprint density at radius 1 is 0.952 bits per heavy atom. The van der Waals surface area contributed by atoms with E-state index >= 15 is 0 Å². The van der Waals surface area contributed by atoms with Crippen molar-refractivity contribution in [3.05, 3.63) is 53.0 Å². The fourth-order valence-corrected chi connectivity index (χ4v) is 2.45. The summed E-state index contributed by atoms with van der Waals surface area (Å²) in [6.45, 7) is 2.53. The second kappa shape index (κ2) is 6.10. The molecule has 3 aromatic rings. The van der Waals surface area contributed by atoms with Crippen molar-refractivity contribution in [3.63, 3.8) is 0 Å². The van der Waals surface area contributed by atoms with Gasteiger partial charge in [-0.1, -0.05) is 24.3 Å². The number of hydrogen-bond acceptors (Lipinski definition) is 4. The zero-order valence-corrected chi connectivity index (χ0v) is 13.0. The van der Waals surface area contributed by atoms with Gasteiger partial charge in [0.15, 0.2) is 0 Å². The summed E-state index contributed by atoms with van der Waals surface area (Å²) in [6.07, 6.45) is 0. The quantitative estimate of drug-likeness (QED) is 0.695. The highest BCUT2D eigenvalue weighted by molar-refractivity contribution is 9.10. The lowest BCUT2D eigenvalue weighted by atomic mass is 10.2. The maximum Gasteiger partial charge on any atom is 0.251 e. The Hall–Kier alpha value is -2.14. The Labute approximate surface area is 130 Å². The average molecular weight is 345 g/mol. The van der Waals surface area contributed by atoms with Gasteiger partial charge >= 0.3 is 0 Å². The Morgan fingerprint density at radius 2 is 1.57 bits per heavy atom. The summed E-state index contributed by atoms with van der Waals surface area (Å²) in [5.41, 5.74) is 1.66. The summed E-state index contributed by atoms with van der Waals surface area (Å²) in [4.78, 5) is 0. The minimum Gasteiger partial charge on any atom is -0.493 e. The van der Waals surface area contributed by atoms with Crippen molar-refractivity contribution in [1.29, 1.82) is 0 Å². The number of ether oxygens (including phenoxy) is 1. The van der Waals surface area contributed by atoms with Gasteiger partial charge in [0.05, 0.1) is 17.7 Å². The van der Waals surface area contributed by atoms with E-state index in [1.807, 2.05) is 55.5 Å². The third-order valence-electron chi connectivity index (χ3n) is 2.95. The molecule has 3 rings (SSSR count). The average Bonchev–Trinajstić information content (AvgIpc) is 2.98. The lowest BCUT2D eigenvalue weighted by Crippen LogP contribution is -1.93. The van der Waals surface area contributed by atoms with Crippen molar-refractivity contribution in [3.8, 4) is 28.7 Å². The largest absolute Gasteiger partial charge is 0.493 e. The summed E-state index contributed by atoms with van der Waals surface area (Å²) < 4.78 is 12.3. The van der Waals surface area contributed by atoms with Gasteiger partial charge in [-0.25, -0.2) is 0 Å². The van der Waals surface area contributed by atoms with Crippen LogP contribution >= 0.6 is 15.9 Å². The number of halogens is 1. The van der Waals surface area contributed by atoms with Crippen molar-refractivity contribution < 1.29 is 9.15 Å². The van der Waals surface area contributed by atoms with E-state index in [2.05, 4.69) is 26.1 Å². The van der Waals surface area contributed by atoms with Gasteiger partial charge in [0.2, 0.25) is 5.89 Å². The predicted molar refractivity (Wildman–Crippen MR) is 84.0 cm³/mol. The molecule has 0 fully saturated rings. The van der Waals surface area contributed by atoms with E-state index in [1.54, 1.807) is 0 Å². The minimum atomic E-state index is 0.449. The van der Waals surface area contributed by atoms with Crippen LogP contribution in [0.3, 0.4) is 0 Å². The van der Waals surface area contributed by atoms with Gasteiger partial charge < -0.3 is 9.15 Å². The van der Waals surface area contributed by atoms with Gasteiger partial charge in [-0.15, -0.1) is 10.2 Å². The molecule has 0 radical (unpaired) electrons. The molecule has 21 heavy (non-hydrogen) atoms. The predicted octanol–water partition coefficient (Wildman–Crippen LogP) is 4.56. The highest BCUT2D eigenvalue weighted by atomic mass is 79.9. The van der Waals surface area contributed by atoms with Crippen LogP contribution in [0.1, 0.15) is 6.92 Å². The zero-order valence-electron chi connectivity index (χ0n) is 11.4. The third-order valence-corrected chi connectivity index (χ3v) is 3.64. The topological polar surface area (TPSA) is 48.2 Å². The highest BCUT2D eigenvalue weighted by Gasteiger charge is 2.15. The van der Waals surface area contributed by atoms with Crippen LogP contribution in [0.2, 0.25) is 0 Å².